The lowest BCUT2D eigenvalue weighted by Gasteiger charge is -2.21. The molecular formula is C61H118O17P2. The molecule has 0 aliphatic carbocycles. The van der Waals surface area contributed by atoms with Crippen LogP contribution in [0, 0.1) is 5.92 Å². The third kappa shape index (κ3) is 55.3. The van der Waals surface area contributed by atoms with E-state index in [2.05, 4.69) is 34.6 Å². The van der Waals surface area contributed by atoms with Gasteiger partial charge in [0.05, 0.1) is 26.4 Å². The molecule has 474 valence electrons. The van der Waals surface area contributed by atoms with E-state index < -0.39 is 97.5 Å². The number of phosphoric acid groups is 2. The van der Waals surface area contributed by atoms with Gasteiger partial charge in [0, 0.05) is 25.7 Å². The lowest BCUT2D eigenvalue weighted by Crippen LogP contribution is -2.30. The van der Waals surface area contributed by atoms with Crippen LogP contribution >= 0.6 is 15.6 Å². The van der Waals surface area contributed by atoms with Gasteiger partial charge in [0.15, 0.2) is 12.2 Å². The van der Waals surface area contributed by atoms with Gasteiger partial charge >= 0.3 is 39.5 Å². The second kappa shape index (κ2) is 55.0. The Morgan fingerprint density at radius 2 is 0.575 bits per heavy atom. The zero-order chi connectivity index (χ0) is 59.2. The van der Waals surface area contributed by atoms with Crippen LogP contribution in [-0.2, 0) is 65.4 Å². The monoisotopic (exact) mass is 1180 g/mol. The van der Waals surface area contributed by atoms with Gasteiger partial charge in [-0.25, -0.2) is 9.13 Å². The van der Waals surface area contributed by atoms with Crippen molar-refractivity contribution in [1.82, 2.24) is 0 Å². The Bertz CT molecular complexity index is 1570. The van der Waals surface area contributed by atoms with Crippen molar-refractivity contribution in [3.05, 3.63) is 0 Å². The molecular weight excluding hydrogens is 1070 g/mol. The Morgan fingerprint density at radius 1 is 0.338 bits per heavy atom. The molecule has 0 spiro atoms. The number of ether oxygens (including phenoxy) is 4. The number of carbonyl (C=O) groups is 4. The quantitative estimate of drug-likeness (QED) is 0.0222. The number of phosphoric ester groups is 2. The molecule has 0 bridgehead atoms. The third-order valence-corrected chi connectivity index (χ3v) is 15.9. The predicted molar refractivity (Wildman–Crippen MR) is 317 cm³/mol. The number of hydrogen-bond acceptors (Lipinski definition) is 15. The first-order valence-corrected chi connectivity index (χ1v) is 35.1. The van der Waals surface area contributed by atoms with E-state index in [0.717, 1.165) is 121 Å². The van der Waals surface area contributed by atoms with Crippen LogP contribution in [-0.4, -0.2) is 96.7 Å². The molecule has 0 heterocycles. The van der Waals surface area contributed by atoms with Crippen LogP contribution in [0.15, 0.2) is 0 Å². The van der Waals surface area contributed by atoms with Crippen molar-refractivity contribution in [3.63, 3.8) is 0 Å². The molecule has 17 nitrogen and oxygen atoms in total. The summed E-state index contributed by atoms with van der Waals surface area (Å²) in [7, 11) is -9.87. The van der Waals surface area contributed by atoms with Gasteiger partial charge in [-0.05, 0) is 31.6 Å². The van der Waals surface area contributed by atoms with Crippen LogP contribution in [0.25, 0.3) is 0 Å². The highest BCUT2D eigenvalue weighted by Crippen LogP contribution is 2.45. The average Bonchev–Trinajstić information content (AvgIpc) is 3.42. The molecule has 0 saturated heterocycles. The maximum absolute atomic E-state index is 12.9. The molecule has 0 aliphatic rings. The molecule has 80 heavy (non-hydrogen) atoms. The third-order valence-electron chi connectivity index (χ3n) is 14.0. The zero-order valence-electron chi connectivity index (χ0n) is 51.2. The second-order valence-electron chi connectivity index (χ2n) is 22.6. The first-order valence-electron chi connectivity index (χ1n) is 32.1. The molecule has 0 amide bonds. The van der Waals surface area contributed by atoms with Gasteiger partial charge in [-0.3, -0.25) is 37.3 Å². The van der Waals surface area contributed by atoms with Crippen molar-refractivity contribution < 1.29 is 80.2 Å². The van der Waals surface area contributed by atoms with E-state index in [1.54, 1.807) is 0 Å². The van der Waals surface area contributed by atoms with E-state index in [-0.39, 0.29) is 25.7 Å². The second-order valence-corrected chi connectivity index (χ2v) is 25.5. The van der Waals surface area contributed by atoms with Crippen molar-refractivity contribution in [2.75, 3.05) is 39.6 Å². The summed E-state index contributed by atoms with van der Waals surface area (Å²) in [5, 5.41) is 10.5. The largest absolute Gasteiger partial charge is 0.472 e. The minimum atomic E-state index is -4.94. The summed E-state index contributed by atoms with van der Waals surface area (Å²) in [6, 6.07) is 0. The maximum atomic E-state index is 12.9. The van der Waals surface area contributed by atoms with E-state index in [9.17, 15) is 43.2 Å². The maximum Gasteiger partial charge on any atom is 0.472 e. The van der Waals surface area contributed by atoms with Crippen LogP contribution in [0.4, 0.5) is 0 Å². The summed E-state index contributed by atoms with van der Waals surface area (Å²) < 4.78 is 67.7. The van der Waals surface area contributed by atoms with Gasteiger partial charge in [-0.1, -0.05) is 253 Å². The predicted octanol–water partition coefficient (Wildman–Crippen LogP) is 16.6. The number of carbonyl (C=O) groups excluding carboxylic acids is 4. The lowest BCUT2D eigenvalue weighted by molar-refractivity contribution is -0.161. The van der Waals surface area contributed by atoms with E-state index in [4.69, 9.17) is 37.0 Å². The molecule has 2 unspecified atom stereocenters. The summed E-state index contributed by atoms with van der Waals surface area (Å²) in [5.74, 6) is -1.40. The van der Waals surface area contributed by atoms with Gasteiger partial charge in [0.2, 0.25) is 0 Å². The smallest absolute Gasteiger partial charge is 0.462 e. The zero-order valence-corrected chi connectivity index (χ0v) is 53.0. The van der Waals surface area contributed by atoms with Crippen molar-refractivity contribution in [3.8, 4) is 0 Å². The van der Waals surface area contributed by atoms with Crippen molar-refractivity contribution in [2.45, 2.75) is 323 Å². The number of hydrogen-bond donors (Lipinski definition) is 3. The minimum Gasteiger partial charge on any atom is -0.462 e. The Labute approximate surface area is 486 Å². The normalized spacial score (nSPS) is 14.3. The van der Waals surface area contributed by atoms with Crippen molar-refractivity contribution in [1.29, 1.82) is 0 Å². The average molecular weight is 1190 g/mol. The van der Waals surface area contributed by atoms with Gasteiger partial charge in [0.1, 0.15) is 19.3 Å². The summed E-state index contributed by atoms with van der Waals surface area (Å²) in [4.78, 5) is 71.8. The van der Waals surface area contributed by atoms with Crippen molar-refractivity contribution in [2.24, 2.45) is 5.92 Å². The van der Waals surface area contributed by atoms with Crippen LogP contribution in [0.1, 0.15) is 304 Å². The molecule has 0 saturated carbocycles. The van der Waals surface area contributed by atoms with Gasteiger partial charge < -0.3 is 33.8 Å². The van der Waals surface area contributed by atoms with Crippen LogP contribution in [0.5, 0.6) is 0 Å². The number of aliphatic hydroxyl groups is 1. The fourth-order valence-electron chi connectivity index (χ4n) is 9.05. The SMILES string of the molecule is CCCCCCCCCCCCCCCCC(=O)O[C@H](COC(=O)CCCCCCCCCCCC(C)C)COP(=O)(O)OC[C@@H](O)COP(=O)(O)OC[C@@H](COC(=O)CCCCCCCCC)OC(=O)CCCCCCCCC. The molecule has 3 N–H and O–H groups in total. The molecule has 19 heteroatoms. The first kappa shape index (κ1) is 78.1. The summed E-state index contributed by atoms with van der Waals surface area (Å²) in [5.41, 5.74) is 0. The standard InChI is InChI=1S/C61H118O17P2/c1-6-9-12-15-18-19-20-21-22-23-26-32-37-42-47-61(66)78-57(51-72-59(64)45-40-35-31-27-24-25-30-33-38-43-54(4)5)53-76-80(69,70)74-49-55(62)48-73-79(67,68)75-52-56(77-60(65)46-41-36-29-17-14-11-8-3)50-71-58(63)44-39-34-28-16-13-10-7-2/h54-57,62H,6-53H2,1-5H3,(H,67,68)(H,69,70)/t55-,56+,57+/m0/s1. The first-order chi connectivity index (χ1) is 38.5. The highest BCUT2D eigenvalue weighted by molar-refractivity contribution is 7.47. The fourth-order valence-corrected chi connectivity index (χ4v) is 10.6. The Morgan fingerprint density at radius 3 is 0.850 bits per heavy atom. The summed E-state index contributed by atoms with van der Waals surface area (Å²) >= 11 is 0. The minimum absolute atomic E-state index is 0.103. The number of esters is 4. The van der Waals surface area contributed by atoms with E-state index in [1.807, 2.05) is 0 Å². The number of unbranched alkanes of at least 4 members (excludes halogenated alkanes) is 33. The topological polar surface area (TPSA) is 237 Å². The van der Waals surface area contributed by atoms with E-state index >= 15 is 0 Å². The van der Waals surface area contributed by atoms with Crippen LogP contribution < -0.4 is 0 Å². The number of aliphatic hydroxyl groups excluding tert-OH is 1. The fraction of sp³-hybridized carbons (Fsp3) is 0.934. The molecule has 5 atom stereocenters. The van der Waals surface area contributed by atoms with Crippen LogP contribution in [0.2, 0.25) is 0 Å². The molecule has 0 rings (SSSR count). The molecule has 0 aromatic heterocycles. The molecule has 0 aromatic carbocycles. The molecule has 0 aromatic rings. The van der Waals surface area contributed by atoms with Crippen molar-refractivity contribution >= 4 is 39.5 Å². The molecule has 0 radical (unpaired) electrons. The Hall–Kier alpha value is -1.94. The highest BCUT2D eigenvalue weighted by atomic mass is 31.2. The number of rotatable bonds is 61. The Balaban J connectivity index is 5.19. The highest BCUT2D eigenvalue weighted by Gasteiger charge is 2.30. The van der Waals surface area contributed by atoms with Gasteiger partial charge in [0.25, 0.3) is 0 Å². The summed E-state index contributed by atoms with van der Waals surface area (Å²) in [6.07, 6.45) is 37.8. The van der Waals surface area contributed by atoms with E-state index in [0.29, 0.717) is 25.7 Å². The Kier molecular flexibility index (Phi) is 53.6. The lowest BCUT2D eigenvalue weighted by atomic mass is 10.0. The molecule has 0 fully saturated rings. The van der Waals surface area contributed by atoms with Gasteiger partial charge in [-0.15, -0.1) is 0 Å². The van der Waals surface area contributed by atoms with Crippen LogP contribution in [0.3, 0.4) is 0 Å². The van der Waals surface area contributed by atoms with Gasteiger partial charge in [-0.2, -0.15) is 0 Å². The van der Waals surface area contributed by atoms with E-state index in [1.165, 1.54) is 103 Å². The summed E-state index contributed by atoms with van der Waals surface area (Å²) in [6.45, 7) is 7.07. The molecule has 0 aliphatic heterocycles.